The summed E-state index contributed by atoms with van der Waals surface area (Å²) < 4.78 is 0. The number of nitrogens with zero attached hydrogens (tertiary/aromatic N) is 3. The molecule has 0 aromatic carbocycles. The maximum atomic E-state index is 5.81. The van der Waals surface area contributed by atoms with E-state index in [9.17, 15) is 0 Å². The summed E-state index contributed by atoms with van der Waals surface area (Å²) in [7, 11) is 0. The van der Waals surface area contributed by atoms with Gasteiger partial charge < -0.3 is 10.6 Å². The second-order valence-corrected chi connectivity index (χ2v) is 5.51. The molecule has 1 unspecified atom stereocenters. The van der Waals surface area contributed by atoms with E-state index in [0.717, 1.165) is 38.4 Å². The summed E-state index contributed by atoms with van der Waals surface area (Å²) in [6.07, 6.45) is 2.86. The standard InChI is InChI=1S/C14H22N4S/c1-3-12(14(15)19)17-6-8-18(9-7-17)13-10-11(2)4-5-16-13/h4-5,10,12H,3,6-9H2,1-2H3,(H2,15,19). The highest BCUT2D eigenvalue weighted by atomic mass is 32.1. The molecule has 104 valence electrons. The van der Waals surface area contributed by atoms with Crippen LogP contribution in [0.5, 0.6) is 0 Å². The fraction of sp³-hybridized carbons (Fsp3) is 0.571. The molecule has 0 bridgehead atoms. The molecule has 5 heteroatoms. The molecule has 0 aliphatic carbocycles. The highest BCUT2D eigenvalue weighted by Crippen LogP contribution is 2.16. The Labute approximate surface area is 120 Å². The molecule has 0 saturated carbocycles. The van der Waals surface area contributed by atoms with Crippen molar-refractivity contribution in [3.63, 3.8) is 0 Å². The van der Waals surface area contributed by atoms with E-state index in [0.29, 0.717) is 4.99 Å². The third kappa shape index (κ3) is 3.42. The number of hydrogen-bond acceptors (Lipinski definition) is 4. The molecule has 1 aromatic heterocycles. The van der Waals surface area contributed by atoms with Crippen LogP contribution in [0.1, 0.15) is 18.9 Å². The molecule has 1 aliphatic rings. The number of rotatable bonds is 4. The molecule has 2 heterocycles. The second-order valence-electron chi connectivity index (χ2n) is 5.04. The van der Waals surface area contributed by atoms with Crippen molar-refractivity contribution >= 4 is 23.0 Å². The minimum absolute atomic E-state index is 0.239. The predicted molar refractivity (Wildman–Crippen MR) is 83.6 cm³/mol. The number of aromatic nitrogens is 1. The molecule has 2 rings (SSSR count). The third-order valence-corrected chi connectivity index (χ3v) is 3.97. The Bertz CT molecular complexity index is 441. The lowest BCUT2D eigenvalue weighted by molar-refractivity contribution is 0.224. The van der Waals surface area contributed by atoms with Gasteiger partial charge in [-0.05, 0) is 31.0 Å². The van der Waals surface area contributed by atoms with Crippen molar-refractivity contribution in [3.05, 3.63) is 23.9 Å². The summed E-state index contributed by atoms with van der Waals surface area (Å²) in [5.41, 5.74) is 7.06. The highest BCUT2D eigenvalue weighted by molar-refractivity contribution is 7.80. The van der Waals surface area contributed by atoms with E-state index in [4.69, 9.17) is 18.0 Å². The van der Waals surface area contributed by atoms with Crippen LogP contribution in [0, 0.1) is 6.92 Å². The van der Waals surface area contributed by atoms with Gasteiger partial charge in [-0.2, -0.15) is 0 Å². The van der Waals surface area contributed by atoms with Gasteiger partial charge in [0.25, 0.3) is 0 Å². The summed E-state index contributed by atoms with van der Waals surface area (Å²) in [4.78, 5) is 9.77. The largest absolute Gasteiger partial charge is 0.392 e. The van der Waals surface area contributed by atoms with Gasteiger partial charge in [-0.15, -0.1) is 0 Å². The minimum Gasteiger partial charge on any atom is -0.392 e. The van der Waals surface area contributed by atoms with E-state index in [1.165, 1.54) is 5.56 Å². The monoisotopic (exact) mass is 278 g/mol. The Balaban J connectivity index is 1.97. The second kappa shape index (κ2) is 6.30. The van der Waals surface area contributed by atoms with Crippen LogP contribution in [-0.4, -0.2) is 47.1 Å². The lowest BCUT2D eigenvalue weighted by atomic mass is 10.1. The van der Waals surface area contributed by atoms with Crippen LogP contribution >= 0.6 is 12.2 Å². The fourth-order valence-electron chi connectivity index (χ4n) is 2.60. The van der Waals surface area contributed by atoms with Crippen molar-refractivity contribution < 1.29 is 0 Å². The van der Waals surface area contributed by atoms with E-state index in [1.807, 2.05) is 12.3 Å². The molecule has 2 N–H and O–H groups in total. The molecule has 1 atom stereocenters. The number of piperazine rings is 1. The summed E-state index contributed by atoms with van der Waals surface area (Å²) in [6, 6.07) is 4.41. The van der Waals surface area contributed by atoms with Crippen LogP contribution in [-0.2, 0) is 0 Å². The van der Waals surface area contributed by atoms with Crippen LogP contribution < -0.4 is 10.6 Å². The molecule has 1 aromatic rings. The topological polar surface area (TPSA) is 45.4 Å². The Morgan fingerprint density at radius 2 is 2.11 bits per heavy atom. The van der Waals surface area contributed by atoms with Crippen molar-refractivity contribution in [2.75, 3.05) is 31.1 Å². The minimum atomic E-state index is 0.239. The zero-order chi connectivity index (χ0) is 13.8. The van der Waals surface area contributed by atoms with Crippen LogP contribution in [0.25, 0.3) is 0 Å². The van der Waals surface area contributed by atoms with Gasteiger partial charge >= 0.3 is 0 Å². The number of thiocarbonyl (C=S) groups is 1. The van der Waals surface area contributed by atoms with Crippen molar-refractivity contribution in [3.8, 4) is 0 Å². The lowest BCUT2D eigenvalue weighted by Crippen LogP contribution is -2.53. The van der Waals surface area contributed by atoms with E-state index in [-0.39, 0.29) is 6.04 Å². The first kappa shape index (κ1) is 14.2. The smallest absolute Gasteiger partial charge is 0.128 e. The summed E-state index contributed by atoms with van der Waals surface area (Å²) in [5.74, 6) is 1.07. The zero-order valence-electron chi connectivity index (χ0n) is 11.7. The summed E-state index contributed by atoms with van der Waals surface area (Å²) >= 11 is 5.15. The molecule has 0 radical (unpaired) electrons. The van der Waals surface area contributed by atoms with Crippen LogP contribution in [0.3, 0.4) is 0 Å². The number of nitrogens with two attached hydrogens (primary N) is 1. The summed E-state index contributed by atoms with van der Waals surface area (Å²) in [6.45, 7) is 8.18. The average Bonchev–Trinajstić information content (AvgIpc) is 2.40. The van der Waals surface area contributed by atoms with E-state index in [1.54, 1.807) is 0 Å². The molecular formula is C14H22N4S. The van der Waals surface area contributed by atoms with Gasteiger partial charge in [-0.1, -0.05) is 19.1 Å². The molecule has 0 spiro atoms. The van der Waals surface area contributed by atoms with Gasteiger partial charge in [0, 0.05) is 32.4 Å². The molecule has 1 aliphatic heterocycles. The Kier molecular flexibility index (Phi) is 4.71. The van der Waals surface area contributed by atoms with Gasteiger partial charge in [0.1, 0.15) is 5.82 Å². The average molecular weight is 278 g/mol. The first-order valence-corrected chi connectivity index (χ1v) is 7.23. The SMILES string of the molecule is CCC(C(N)=S)N1CCN(c2cc(C)ccn2)CC1. The van der Waals surface area contributed by atoms with Crippen LogP contribution in [0.4, 0.5) is 5.82 Å². The van der Waals surface area contributed by atoms with E-state index in [2.05, 4.69) is 34.7 Å². The Hall–Kier alpha value is -1.20. The van der Waals surface area contributed by atoms with Crippen LogP contribution in [0.2, 0.25) is 0 Å². The normalized spacial score (nSPS) is 18.3. The first-order chi connectivity index (χ1) is 9.11. The van der Waals surface area contributed by atoms with Gasteiger partial charge in [-0.3, -0.25) is 4.90 Å². The molecule has 19 heavy (non-hydrogen) atoms. The maximum absolute atomic E-state index is 5.81. The number of hydrogen-bond donors (Lipinski definition) is 1. The van der Waals surface area contributed by atoms with Gasteiger partial charge in [0.05, 0.1) is 11.0 Å². The Morgan fingerprint density at radius 1 is 1.42 bits per heavy atom. The van der Waals surface area contributed by atoms with Crippen molar-refractivity contribution in [2.24, 2.45) is 5.73 Å². The highest BCUT2D eigenvalue weighted by Gasteiger charge is 2.24. The first-order valence-electron chi connectivity index (χ1n) is 6.82. The Morgan fingerprint density at radius 3 is 2.63 bits per heavy atom. The van der Waals surface area contributed by atoms with Crippen molar-refractivity contribution in [1.82, 2.24) is 9.88 Å². The van der Waals surface area contributed by atoms with Crippen molar-refractivity contribution in [2.45, 2.75) is 26.3 Å². The van der Waals surface area contributed by atoms with Gasteiger partial charge in [0.2, 0.25) is 0 Å². The van der Waals surface area contributed by atoms with E-state index < -0.39 is 0 Å². The quantitative estimate of drug-likeness (QED) is 0.847. The number of aryl methyl sites for hydroxylation is 1. The van der Waals surface area contributed by atoms with Gasteiger partial charge in [-0.25, -0.2) is 4.98 Å². The maximum Gasteiger partial charge on any atom is 0.128 e. The van der Waals surface area contributed by atoms with Gasteiger partial charge in [0.15, 0.2) is 0 Å². The fourth-order valence-corrected chi connectivity index (χ4v) is 2.91. The summed E-state index contributed by atoms with van der Waals surface area (Å²) in [5, 5.41) is 0. The molecule has 0 amide bonds. The molecule has 1 fully saturated rings. The van der Waals surface area contributed by atoms with Crippen LogP contribution in [0.15, 0.2) is 18.3 Å². The van der Waals surface area contributed by atoms with E-state index >= 15 is 0 Å². The molecule has 4 nitrogen and oxygen atoms in total. The molecule has 1 saturated heterocycles. The predicted octanol–water partition coefficient (Wildman–Crippen LogP) is 1.58. The number of anilines is 1. The number of pyridine rings is 1. The van der Waals surface area contributed by atoms with Crippen molar-refractivity contribution in [1.29, 1.82) is 0 Å². The zero-order valence-corrected chi connectivity index (χ0v) is 12.5. The lowest BCUT2D eigenvalue weighted by Gasteiger charge is -2.39. The molecular weight excluding hydrogens is 256 g/mol. The third-order valence-electron chi connectivity index (χ3n) is 3.70.